The number of hydrogen-bond donors (Lipinski definition) is 2. The summed E-state index contributed by atoms with van der Waals surface area (Å²) in [7, 11) is 0. The Morgan fingerprint density at radius 2 is 1.88 bits per heavy atom. The van der Waals surface area contributed by atoms with Crippen LogP contribution in [-0.2, 0) is 0 Å². The van der Waals surface area contributed by atoms with Crippen molar-refractivity contribution < 1.29 is 0 Å². The molecule has 0 aromatic heterocycles. The van der Waals surface area contributed by atoms with Crippen LogP contribution in [0.3, 0.4) is 0 Å². The second-order valence-electron chi connectivity index (χ2n) is 5.77. The minimum Gasteiger partial charge on any atom is -0.388 e. The van der Waals surface area contributed by atoms with Crippen LogP contribution in [0.15, 0.2) is 0 Å². The Balaban J connectivity index is 1.73. The topological polar surface area (TPSA) is 53.1 Å². The van der Waals surface area contributed by atoms with E-state index in [2.05, 4.69) is 4.90 Å². The Hall–Kier alpha value is -0.570. The van der Waals surface area contributed by atoms with Crippen LogP contribution in [0, 0.1) is 11.3 Å². The molecule has 1 aliphatic carbocycles. The zero-order valence-corrected chi connectivity index (χ0v) is 11.0. The number of amidine groups is 1. The molecule has 2 atom stereocenters. The van der Waals surface area contributed by atoms with Crippen molar-refractivity contribution >= 4 is 5.84 Å². The zero-order chi connectivity index (χ0) is 12.1. The molecule has 0 bridgehead atoms. The van der Waals surface area contributed by atoms with Crippen LogP contribution < -0.4 is 5.73 Å². The van der Waals surface area contributed by atoms with E-state index in [9.17, 15) is 0 Å². The summed E-state index contributed by atoms with van der Waals surface area (Å²) in [5.41, 5.74) is 5.39. The molecule has 1 heterocycles. The van der Waals surface area contributed by atoms with Crippen molar-refractivity contribution in [2.24, 2.45) is 11.7 Å². The van der Waals surface area contributed by atoms with Crippen molar-refractivity contribution in [2.75, 3.05) is 13.1 Å². The van der Waals surface area contributed by atoms with Crippen LogP contribution in [0.2, 0.25) is 0 Å². The average Bonchev–Trinajstić information content (AvgIpc) is 2.34. The minimum atomic E-state index is 0.346. The van der Waals surface area contributed by atoms with E-state index in [0.29, 0.717) is 5.84 Å². The molecule has 2 rings (SSSR count). The van der Waals surface area contributed by atoms with Gasteiger partial charge in [-0.3, -0.25) is 5.41 Å². The molecule has 3 N–H and O–H groups in total. The molecule has 0 amide bonds. The largest absolute Gasteiger partial charge is 0.388 e. The molecular formula is C14H27N3. The maximum atomic E-state index is 7.23. The maximum absolute atomic E-state index is 7.23. The van der Waals surface area contributed by atoms with Crippen molar-refractivity contribution in [1.29, 1.82) is 5.41 Å². The molecule has 0 spiro atoms. The Labute approximate surface area is 105 Å². The highest BCUT2D eigenvalue weighted by Crippen LogP contribution is 2.35. The van der Waals surface area contributed by atoms with E-state index in [1.165, 1.54) is 58.0 Å². The average molecular weight is 237 g/mol. The van der Waals surface area contributed by atoms with Gasteiger partial charge in [0.15, 0.2) is 0 Å². The SMILES string of the molecule is N=C(N)CCCCN1CCCC2CCCCC21. The first kappa shape index (κ1) is 12.9. The van der Waals surface area contributed by atoms with E-state index in [4.69, 9.17) is 11.1 Å². The standard InChI is InChI=1S/C14H27N3/c15-14(16)9-3-4-10-17-11-5-7-12-6-1-2-8-13(12)17/h12-13H,1-11H2,(H3,15,16). The van der Waals surface area contributed by atoms with Gasteiger partial charge in [0.1, 0.15) is 0 Å². The van der Waals surface area contributed by atoms with E-state index in [1.807, 2.05) is 0 Å². The number of nitrogens with one attached hydrogen (secondary N) is 1. The van der Waals surface area contributed by atoms with E-state index >= 15 is 0 Å². The Morgan fingerprint density at radius 1 is 1.12 bits per heavy atom. The number of piperidine rings is 1. The van der Waals surface area contributed by atoms with Crippen LogP contribution >= 0.6 is 0 Å². The fourth-order valence-corrected chi connectivity index (χ4v) is 3.64. The third-order valence-electron chi connectivity index (χ3n) is 4.50. The lowest BCUT2D eigenvalue weighted by Gasteiger charge is -2.44. The van der Waals surface area contributed by atoms with Gasteiger partial charge in [-0.05, 0) is 57.5 Å². The van der Waals surface area contributed by atoms with Gasteiger partial charge in [0.25, 0.3) is 0 Å². The molecule has 98 valence electrons. The molecule has 0 aromatic rings. The van der Waals surface area contributed by atoms with Crippen LogP contribution in [0.5, 0.6) is 0 Å². The van der Waals surface area contributed by atoms with Gasteiger partial charge in [-0.1, -0.05) is 12.8 Å². The van der Waals surface area contributed by atoms with Gasteiger partial charge in [0.05, 0.1) is 5.84 Å². The van der Waals surface area contributed by atoms with Gasteiger partial charge in [-0.2, -0.15) is 0 Å². The maximum Gasteiger partial charge on any atom is 0.0905 e. The van der Waals surface area contributed by atoms with E-state index < -0.39 is 0 Å². The van der Waals surface area contributed by atoms with Crippen molar-refractivity contribution in [1.82, 2.24) is 4.90 Å². The quantitative estimate of drug-likeness (QED) is 0.439. The second-order valence-corrected chi connectivity index (χ2v) is 5.77. The number of likely N-dealkylation sites (tertiary alicyclic amines) is 1. The summed E-state index contributed by atoms with van der Waals surface area (Å²) < 4.78 is 0. The summed E-state index contributed by atoms with van der Waals surface area (Å²) in [5, 5.41) is 7.23. The van der Waals surface area contributed by atoms with Gasteiger partial charge in [0, 0.05) is 12.5 Å². The van der Waals surface area contributed by atoms with E-state index in [0.717, 1.165) is 24.8 Å². The summed E-state index contributed by atoms with van der Waals surface area (Å²) in [6.07, 6.45) is 11.7. The van der Waals surface area contributed by atoms with Crippen LogP contribution in [0.4, 0.5) is 0 Å². The van der Waals surface area contributed by atoms with Gasteiger partial charge in [-0.15, -0.1) is 0 Å². The fourth-order valence-electron chi connectivity index (χ4n) is 3.64. The molecule has 1 saturated carbocycles. The molecule has 2 fully saturated rings. The molecule has 17 heavy (non-hydrogen) atoms. The highest BCUT2D eigenvalue weighted by atomic mass is 15.2. The third-order valence-corrected chi connectivity index (χ3v) is 4.50. The summed E-state index contributed by atoms with van der Waals surface area (Å²) in [6, 6.07) is 0.884. The van der Waals surface area contributed by atoms with Crippen molar-refractivity contribution in [3.63, 3.8) is 0 Å². The van der Waals surface area contributed by atoms with Gasteiger partial charge in [0.2, 0.25) is 0 Å². The van der Waals surface area contributed by atoms with Crippen LogP contribution in [0.1, 0.15) is 57.8 Å². The van der Waals surface area contributed by atoms with Gasteiger partial charge >= 0.3 is 0 Å². The highest BCUT2D eigenvalue weighted by molar-refractivity contribution is 5.76. The summed E-state index contributed by atoms with van der Waals surface area (Å²) in [6.45, 7) is 2.54. The van der Waals surface area contributed by atoms with Crippen LogP contribution in [0.25, 0.3) is 0 Å². The highest BCUT2D eigenvalue weighted by Gasteiger charge is 2.32. The molecule has 1 aliphatic heterocycles. The van der Waals surface area contributed by atoms with Crippen molar-refractivity contribution in [2.45, 2.75) is 63.8 Å². The molecule has 3 heteroatoms. The van der Waals surface area contributed by atoms with Crippen molar-refractivity contribution in [3.05, 3.63) is 0 Å². The number of unbranched alkanes of at least 4 members (excludes halogenated alkanes) is 1. The molecule has 0 radical (unpaired) electrons. The Kier molecular flexibility index (Phi) is 4.84. The molecule has 2 aliphatic rings. The number of fused-ring (bicyclic) bond motifs is 1. The van der Waals surface area contributed by atoms with Crippen molar-refractivity contribution in [3.8, 4) is 0 Å². The number of nitrogens with two attached hydrogens (primary N) is 1. The first-order chi connectivity index (χ1) is 8.27. The zero-order valence-electron chi connectivity index (χ0n) is 11.0. The summed E-state index contributed by atoms with van der Waals surface area (Å²) >= 11 is 0. The molecular weight excluding hydrogens is 210 g/mol. The monoisotopic (exact) mass is 237 g/mol. The first-order valence-electron chi connectivity index (χ1n) is 7.34. The summed E-state index contributed by atoms with van der Waals surface area (Å²) in [5.74, 6) is 1.34. The Morgan fingerprint density at radius 3 is 2.71 bits per heavy atom. The minimum absolute atomic E-state index is 0.346. The fraction of sp³-hybridized carbons (Fsp3) is 0.929. The van der Waals surface area contributed by atoms with E-state index in [1.54, 1.807) is 0 Å². The number of nitrogens with zero attached hydrogens (tertiary/aromatic N) is 1. The smallest absolute Gasteiger partial charge is 0.0905 e. The van der Waals surface area contributed by atoms with E-state index in [-0.39, 0.29) is 0 Å². The molecule has 1 saturated heterocycles. The number of hydrogen-bond acceptors (Lipinski definition) is 2. The molecule has 2 unspecified atom stereocenters. The normalized spacial score (nSPS) is 29.9. The molecule has 0 aromatic carbocycles. The lowest BCUT2D eigenvalue weighted by Crippen LogP contribution is -2.47. The first-order valence-corrected chi connectivity index (χ1v) is 7.34. The van der Waals surface area contributed by atoms with Crippen LogP contribution in [-0.4, -0.2) is 29.9 Å². The van der Waals surface area contributed by atoms with Gasteiger partial charge in [-0.25, -0.2) is 0 Å². The summed E-state index contributed by atoms with van der Waals surface area (Å²) in [4.78, 5) is 2.73. The molecule has 3 nitrogen and oxygen atoms in total. The third kappa shape index (κ3) is 3.70. The lowest BCUT2D eigenvalue weighted by molar-refractivity contribution is 0.0598. The lowest BCUT2D eigenvalue weighted by atomic mass is 9.78. The van der Waals surface area contributed by atoms with Gasteiger partial charge < -0.3 is 10.6 Å². The Bertz CT molecular complexity index is 250. The second kappa shape index (κ2) is 6.39. The predicted molar refractivity (Wildman–Crippen MR) is 72.3 cm³/mol. The number of rotatable bonds is 5. The predicted octanol–water partition coefficient (Wildman–Crippen LogP) is 2.75.